The number of nitrogens with zero attached hydrogens (tertiary/aromatic N) is 3. The Morgan fingerprint density at radius 3 is 2.74 bits per heavy atom. The van der Waals surface area contributed by atoms with Crippen molar-refractivity contribution in [3.8, 4) is 17.7 Å². The molecule has 1 N–H and O–H groups in total. The first-order valence-electron chi connectivity index (χ1n) is 10.9. The molecule has 0 saturated heterocycles. The van der Waals surface area contributed by atoms with E-state index < -0.39 is 11.5 Å². The standard InChI is InChI=1S/C25H22Cl2N4O3/c1-15-6-5-11-31-22(15)30-24(34-21-10-9-17(26)13-20(21)27)19(25(31)33)12-16(14-28)23(32)29-18-7-3-2-4-8-18/h5-6,9-13,18H,2-4,7-8H2,1H3,(H,29,32)/b16-12+. The average molecular weight is 497 g/mol. The van der Waals surface area contributed by atoms with Crippen LogP contribution in [-0.4, -0.2) is 21.3 Å². The number of amides is 1. The molecule has 2 heterocycles. The summed E-state index contributed by atoms with van der Waals surface area (Å²) in [5, 5.41) is 13.3. The number of benzene rings is 1. The van der Waals surface area contributed by atoms with Crippen molar-refractivity contribution in [2.24, 2.45) is 0 Å². The topological polar surface area (TPSA) is 96.5 Å². The predicted octanol–water partition coefficient (Wildman–Crippen LogP) is 5.46. The highest BCUT2D eigenvalue weighted by atomic mass is 35.5. The molecule has 2 aromatic heterocycles. The Bertz CT molecular complexity index is 1390. The second-order valence-electron chi connectivity index (χ2n) is 8.18. The highest BCUT2D eigenvalue weighted by molar-refractivity contribution is 6.35. The summed E-state index contributed by atoms with van der Waals surface area (Å²) in [4.78, 5) is 30.7. The van der Waals surface area contributed by atoms with Crippen LogP contribution in [0.2, 0.25) is 10.0 Å². The molecule has 0 unspecified atom stereocenters. The molecule has 1 aromatic carbocycles. The Balaban J connectivity index is 1.81. The van der Waals surface area contributed by atoms with Gasteiger partial charge >= 0.3 is 0 Å². The van der Waals surface area contributed by atoms with Crippen molar-refractivity contribution < 1.29 is 9.53 Å². The fourth-order valence-corrected chi connectivity index (χ4v) is 4.41. The number of fused-ring (bicyclic) bond motifs is 1. The van der Waals surface area contributed by atoms with Crippen molar-refractivity contribution in [2.75, 3.05) is 0 Å². The van der Waals surface area contributed by atoms with Gasteiger partial charge in [-0.05, 0) is 55.7 Å². The smallest absolute Gasteiger partial charge is 0.269 e. The molecule has 1 aliphatic carbocycles. The van der Waals surface area contributed by atoms with Gasteiger partial charge in [-0.25, -0.2) is 0 Å². The van der Waals surface area contributed by atoms with Crippen molar-refractivity contribution in [3.63, 3.8) is 0 Å². The van der Waals surface area contributed by atoms with Gasteiger partial charge in [0.05, 0.1) is 5.02 Å². The van der Waals surface area contributed by atoms with Crippen LogP contribution in [0.3, 0.4) is 0 Å². The highest BCUT2D eigenvalue weighted by Crippen LogP contribution is 2.32. The van der Waals surface area contributed by atoms with Crippen LogP contribution in [0.4, 0.5) is 0 Å². The van der Waals surface area contributed by atoms with Gasteiger partial charge in [-0.2, -0.15) is 10.2 Å². The van der Waals surface area contributed by atoms with Crippen molar-refractivity contribution in [3.05, 3.63) is 73.6 Å². The van der Waals surface area contributed by atoms with E-state index in [1.807, 2.05) is 19.1 Å². The lowest BCUT2D eigenvalue weighted by Gasteiger charge is -2.22. The van der Waals surface area contributed by atoms with Crippen LogP contribution in [0.1, 0.15) is 43.2 Å². The van der Waals surface area contributed by atoms with Crippen molar-refractivity contribution in [1.82, 2.24) is 14.7 Å². The molecule has 4 rings (SSSR count). The largest absolute Gasteiger partial charge is 0.437 e. The summed E-state index contributed by atoms with van der Waals surface area (Å²) < 4.78 is 7.27. The summed E-state index contributed by atoms with van der Waals surface area (Å²) in [6.45, 7) is 1.81. The summed E-state index contributed by atoms with van der Waals surface area (Å²) in [5.74, 6) is -0.365. The highest BCUT2D eigenvalue weighted by Gasteiger charge is 2.21. The summed E-state index contributed by atoms with van der Waals surface area (Å²) >= 11 is 12.2. The number of halogens is 2. The maximum absolute atomic E-state index is 13.4. The van der Waals surface area contributed by atoms with E-state index in [1.54, 1.807) is 24.4 Å². The zero-order valence-electron chi connectivity index (χ0n) is 18.5. The van der Waals surface area contributed by atoms with Gasteiger partial charge in [-0.1, -0.05) is 48.5 Å². The molecule has 0 bridgehead atoms. The van der Waals surface area contributed by atoms with Gasteiger partial charge in [0.1, 0.15) is 28.6 Å². The van der Waals surface area contributed by atoms with Gasteiger partial charge in [0.25, 0.3) is 11.5 Å². The monoisotopic (exact) mass is 496 g/mol. The quantitative estimate of drug-likeness (QED) is 0.373. The average Bonchev–Trinajstić information content (AvgIpc) is 2.82. The van der Waals surface area contributed by atoms with E-state index in [4.69, 9.17) is 27.9 Å². The lowest BCUT2D eigenvalue weighted by Crippen LogP contribution is -2.36. The molecule has 0 atom stereocenters. The van der Waals surface area contributed by atoms with Crippen molar-refractivity contribution in [1.29, 1.82) is 5.26 Å². The number of ether oxygens (including phenoxy) is 1. The Kier molecular flexibility index (Phi) is 7.20. The second kappa shape index (κ2) is 10.3. The van der Waals surface area contributed by atoms with Crippen LogP contribution in [0, 0.1) is 18.3 Å². The Morgan fingerprint density at radius 1 is 1.26 bits per heavy atom. The summed E-state index contributed by atoms with van der Waals surface area (Å²) in [6, 6.07) is 10.1. The van der Waals surface area contributed by atoms with E-state index in [9.17, 15) is 14.9 Å². The molecule has 0 aliphatic heterocycles. The molecule has 3 aromatic rings. The number of hydrogen-bond acceptors (Lipinski definition) is 5. The number of carbonyl (C=O) groups is 1. The molecule has 0 radical (unpaired) electrons. The van der Waals surface area contributed by atoms with E-state index in [0.29, 0.717) is 10.7 Å². The van der Waals surface area contributed by atoms with Crippen LogP contribution in [-0.2, 0) is 4.79 Å². The molecule has 9 heteroatoms. The summed E-state index contributed by atoms with van der Waals surface area (Å²) in [6.07, 6.45) is 7.74. The van der Waals surface area contributed by atoms with E-state index >= 15 is 0 Å². The van der Waals surface area contributed by atoms with Crippen LogP contribution < -0.4 is 15.6 Å². The lowest BCUT2D eigenvalue weighted by atomic mass is 9.95. The van der Waals surface area contributed by atoms with Crippen LogP contribution in [0.15, 0.2) is 46.9 Å². The molecular formula is C25H22Cl2N4O3. The maximum atomic E-state index is 13.4. The van der Waals surface area contributed by atoms with Crippen LogP contribution >= 0.6 is 23.2 Å². The lowest BCUT2D eigenvalue weighted by molar-refractivity contribution is -0.117. The van der Waals surface area contributed by atoms with E-state index in [2.05, 4.69) is 10.3 Å². The Labute approximate surface area is 206 Å². The molecule has 1 saturated carbocycles. The number of aromatic nitrogens is 2. The first kappa shape index (κ1) is 23.8. The van der Waals surface area contributed by atoms with Crippen molar-refractivity contribution in [2.45, 2.75) is 45.1 Å². The minimum atomic E-state index is -0.529. The third-order valence-electron chi connectivity index (χ3n) is 5.74. The van der Waals surface area contributed by atoms with Gasteiger partial charge in [-0.15, -0.1) is 0 Å². The number of hydrogen-bond donors (Lipinski definition) is 1. The predicted molar refractivity (Wildman–Crippen MR) is 131 cm³/mol. The normalized spacial score (nSPS) is 14.6. The maximum Gasteiger partial charge on any atom is 0.269 e. The first-order valence-corrected chi connectivity index (χ1v) is 11.7. The minimum absolute atomic E-state index is 0.0140. The van der Waals surface area contributed by atoms with Gasteiger partial charge in [0, 0.05) is 17.3 Å². The fourth-order valence-electron chi connectivity index (χ4n) is 3.96. The number of pyridine rings is 1. The summed E-state index contributed by atoms with van der Waals surface area (Å²) in [5.41, 5.74) is 0.410. The number of aryl methyl sites for hydroxylation is 1. The Hall–Kier alpha value is -3.34. The van der Waals surface area contributed by atoms with Crippen molar-refractivity contribution >= 4 is 40.8 Å². The van der Waals surface area contributed by atoms with E-state index in [0.717, 1.165) is 37.7 Å². The van der Waals surface area contributed by atoms with Gasteiger partial charge in [-0.3, -0.25) is 14.0 Å². The fraction of sp³-hybridized carbons (Fsp3) is 0.280. The Morgan fingerprint density at radius 2 is 2.03 bits per heavy atom. The molecule has 0 spiro atoms. The van der Waals surface area contributed by atoms with Gasteiger partial charge < -0.3 is 10.1 Å². The number of nitrogens with one attached hydrogen (secondary N) is 1. The molecule has 34 heavy (non-hydrogen) atoms. The number of rotatable bonds is 5. The number of nitriles is 1. The SMILES string of the molecule is Cc1cccn2c(=O)c(/C=C(\C#N)C(=O)NC3CCCCC3)c(Oc3ccc(Cl)cc3Cl)nc12. The van der Waals surface area contributed by atoms with E-state index in [-0.39, 0.29) is 33.8 Å². The second-order valence-corrected chi connectivity index (χ2v) is 9.02. The molecule has 7 nitrogen and oxygen atoms in total. The van der Waals surface area contributed by atoms with Crippen LogP contribution in [0.5, 0.6) is 11.6 Å². The van der Waals surface area contributed by atoms with Gasteiger partial charge in [0.15, 0.2) is 0 Å². The number of carbonyl (C=O) groups excluding carboxylic acids is 1. The third-order valence-corrected chi connectivity index (χ3v) is 6.27. The first-order chi connectivity index (χ1) is 16.4. The minimum Gasteiger partial charge on any atom is -0.437 e. The molecule has 174 valence electrons. The molecular weight excluding hydrogens is 475 g/mol. The van der Waals surface area contributed by atoms with Gasteiger partial charge in [0.2, 0.25) is 5.88 Å². The zero-order chi connectivity index (χ0) is 24.2. The van der Waals surface area contributed by atoms with E-state index in [1.165, 1.54) is 16.5 Å². The zero-order valence-corrected chi connectivity index (χ0v) is 20.0. The molecule has 1 fully saturated rings. The molecule has 1 aliphatic rings. The third kappa shape index (κ3) is 5.09. The molecule has 1 amide bonds. The summed E-state index contributed by atoms with van der Waals surface area (Å²) in [7, 11) is 0. The van der Waals surface area contributed by atoms with Crippen LogP contribution in [0.25, 0.3) is 11.7 Å².